The third kappa shape index (κ3) is 3.73. The number of ether oxygens (including phenoxy) is 1. The summed E-state index contributed by atoms with van der Waals surface area (Å²) in [5.74, 6) is 1.71. The van der Waals surface area contributed by atoms with Crippen molar-refractivity contribution in [2.24, 2.45) is 5.92 Å². The van der Waals surface area contributed by atoms with Crippen LogP contribution in [0.2, 0.25) is 0 Å². The van der Waals surface area contributed by atoms with Gasteiger partial charge in [-0.15, -0.1) is 0 Å². The smallest absolute Gasteiger partial charge is 0.223 e. The monoisotopic (exact) mass is 289 g/mol. The van der Waals surface area contributed by atoms with Crippen LogP contribution in [0, 0.1) is 5.92 Å². The summed E-state index contributed by atoms with van der Waals surface area (Å²) in [4.78, 5) is 21.0. The summed E-state index contributed by atoms with van der Waals surface area (Å²) in [6.45, 7) is 4.92. The van der Waals surface area contributed by atoms with Gasteiger partial charge in [0.25, 0.3) is 0 Å². The molecule has 21 heavy (non-hydrogen) atoms. The Morgan fingerprint density at radius 1 is 1.29 bits per heavy atom. The molecule has 1 aromatic rings. The second-order valence-electron chi connectivity index (χ2n) is 5.84. The summed E-state index contributed by atoms with van der Waals surface area (Å²) >= 11 is 0. The first-order valence-electron chi connectivity index (χ1n) is 7.84. The molecule has 2 saturated heterocycles. The second-order valence-corrected chi connectivity index (χ2v) is 5.84. The highest BCUT2D eigenvalue weighted by atomic mass is 16.5. The molecule has 3 heterocycles. The van der Waals surface area contributed by atoms with Gasteiger partial charge in [0.15, 0.2) is 0 Å². The second kappa shape index (κ2) is 6.89. The Hall–Kier alpha value is -1.62. The highest BCUT2D eigenvalue weighted by Gasteiger charge is 2.25. The van der Waals surface area contributed by atoms with E-state index in [0.29, 0.717) is 12.3 Å². The van der Waals surface area contributed by atoms with E-state index in [1.165, 1.54) is 0 Å². The summed E-state index contributed by atoms with van der Waals surface area (Å²) < 4.78 is 5.46. The SMILES string of the molecule is O=C(CC1CCCOC1)N1CCN(c2ccccn2)CC1. The summed E-state index contributed by atoms with van der Waals surface area (Å²) in [5, 5.41) is 0. The van der Waals surface area contributed by atoms with E-state index in [9.17, 15) is 4.79 Å². The van der Waals surface area contributed by atoms with Crippen LogP contribution in [0.25, 0.3) is 0 Å². The molecule has 5 heteroatoms. The van der Waals surface area contributed by atoms with Crippen LogP contribution in [0.3, 0.4) is 0 Å². The van der Waals surface area contributed by atoms with Crippen LogP contribution in [0.15, 0.2) is 24.4 Å². The minimum atomic E-state index is 0.283. The van der Waals surface area contributed by atoms with Crippen molar-refractivity contribution in [2.75, 3.05) is 44.3 Å². The normalized spacial score (nSPS) is 23.1. The van der Waals surface area contributed by atoms with Gasteiger partial charge in [0.05, 0.1) is 0 Å². The lowest BCUT2D eigenvalue weighted by atomic mass is 9.98. The lowest BCUT2D eigenvalue weighted by Gasteiger charge is -2.36. The third-order valence-electron chi connectivity index (χ3n) is 4.32. The summed E-state index contributed by atoms with van der Waals surface area (Å²) in [6, 6.07) is 5.95. The predicted molar refractivity (Wildman–Crippen MR) is 81.2 cm³/mol. The lowest BCUT2D eigenvalue weighted by molar-refractivity contribution is -0.133. The molecule has 114 valence electrons. The van der Waals surface area contributed by atoms with E-state index in [1.807, 2.05) is 29.3 Å². The highest BCUT2D eigenvalue weighted by Crippen LogP contribution is 2.19. The van der Waals surface area contributed by atoms with E-state index in [-0.39, 0.29) is 5.91 Å². The molecule has 0 aromatic carbocycles. The first kappa shape index (κ1) is 14.3. The van der Waals surface area contributed by atoms with Gasteiger partial charge in [-0.05, 0) is 30.9 Å². The van der Waals surface area contributed by atoms with Gasteiger partial charge in [0, 0.05) is 52.0 Å². The number of nitrogens with zero attached hydrogens (tertiary/aromatic N) is 3. The maximum Gasteiger partial charge on any atom is 0.223 e. The minimum Gasteiger partial charge on any atom is -0.381 e. The van der Waals surface area contributed by atoms with E-state index in [1.54, 1.807) is 0 Å². The molecular weight excluding hydrogens is 266 g/mol. The summed E-state index contributed by atoms with van der Waals surface area (Å²) in [6.07, 6.45) is 4.67. The Bertz CT molecular complexity index is 452. The minimum absolute atomic E-state index is 0.283. The van der Waals surface area contributed by atoms with Crippen molar-refractivity contribution >= 4 is 11.7 Å². The largest absolute Gasteiger partial charge is 0.381 e. The number of hydrogen-bond donors (Lipinski definition) is 0. The first-order valence-corrected chi connectivity index (χ1v) is 7.84. The van der Waals surface area contributed by atoms with E-state index >= 15 is 0 Å². The van der Waals surface area contributed by atoms with E-state index in [0.717, 1.165) is 58.1 Å². The van der Waals surface area contributed by atoms with Gasteiger partial charge < -0.3 is 14.5 Å². The zero-order valence-electron chi connectivity index (χ0n) is 12.4. The maximum absolute atomic E-state index is 12.3. The van der Waals surface area contributed by atoms with E-state index < -0.39 is 0 Å². The molecule has 0 N–H and O–H groups in total. The number of anilines is 1. The van der Waals surface area contributed by atoms with Crippen LogP contribution in [-0.2, 0) is 9.53 Å². The quantitative estimate of drug-likeness (QED) is 0.847. The number of amides is 1. The number of hydrogen-bond acceptors (Lipinski definition) is 4. The Morgan fingerprint density at radius 3 is 2.81 bits per heavy atom. The predicted octanol–water partition coefficient (Wildman–Crippen LogP) is 1.55. The fourth-order valence-electron chi connectivity index (χ4n) is 3.07. The van der Waals surface area contributed by atoms with Crippen molar-refractivity contribution in [3.05, 3.63) is 24.4 Å². The van der Waals surface area contributed by atoms with Gasteiger partial charge in [0.2, 0.25) is 5.91 Å². The number of rotatable bonds is 3. The first-order chi connectivity index (χ1) is 10.3. The van der Waals surface area contributed by atoms with Gasteiger partial charge in [-0.1, -0.05) is 6.07 Å². The zero-order chi connectivity index (χ0) is 14.5. The molecule has 1 amide bonds. The highest BCUT2D eigenvalue weighted by molar-refractivity contribution is 5.76. The van der Waals surface area contributed by atoms with Crippen LogP contribution >= 0.6 is 0 Å². The number of carbonyl (C=O) groups excluding carboxylic acids is 1. The molecule has 0 spiro atoms. The summed E-state index contributed by atoms with van der Waals surface area (Å²) in [7, 11) is 0. The molecule has 0 saturated carbocycles. The summed E-state index contributed by atoms with van der Waals surface area (Å²) in [5.41, 5.74) is 0. The zero-order valence-corrected chi connectivity index (χ0v) is 12.4. The molecular formula is C16H23N3O2. The van der Waals surface area contributed by atoms with Gasteiger partial charge >= 0.3 is 0 Å². The fraction of sp³-hybridized carbons (Fsp3) is 0.625. The van der Waals surface area contributed by atoms with Crippen molar-refractivity contribution in [1.82, 2.24) is 9.88 Å². The molecule has 3 rings (SSSR count). The van der Waals surface area contributed by atoms with Crippen molar-refractivity contribution in [2.45, 2.75) is 19.3 Å². The topological polar surface area (TPSA) is 45.7 Å². The maximum atomic E-state index is 12.3. The molecule has 2 fully saturated rings. The van der Waals surface area contributed by atoms with E-state index in [2.05, 4.69) is 9.88 Å². The number of piperazine rings is 1. The molecule has 2 aliphatic heterocycles. The Kier molecular flexibility index (Phi) is 4.70. The molecule has 5 nitrogen and oxygen atoms in total. The third-order valence-corrected chi connectivity index (χ3v) is 4.32. The van der Waals surface area contributed by atoms with Crippen molar-refractivity contribution in [3.8, 4) is 0 Å². The number of carbonyl (C=O) groups is 1. The molecule has 0 radical (unpaired) electrons. The molecule has 1 atom stereocenters. The van der Waals surface area contributed by atoms with Crippen LogP contribution in [-0.4, -0.2) is 55.2 Å². The van der Waals surface area contributed by atoms with Gasteiger partial charge in [0.1, 0.15) is 5.82 Å². The molecule has 0 bridgehead atoms. The average molecular weight is 289 g/mol. The number of aromatic nitrogens is 1. The molecule has 2 aliphatic rings. The number of pyridine rings is 1. The molecule has 0 aliphatic carbocycles. The molecule has 1 unspecified atom stereocenters. The van der Waals surface area contributed by atoms with Gasteiger partial charge in [-0.3, -0.25) is 4.79 Å². The van der Waals surface area contributed by atoms with Gasteiger partial charge in [-0.2, -0.15) is 0 Å². The Balaban J connectivity index is 1.47. The van der Waals surface area contributed by atoms with Crippen LogP contribution < -0.4 is 4.90 Å². The van der Waals surface area contributed by atoms with Crippen LogP contribution in [0.5, 0.6) is 0 Å². The van der Waals surface area contributed by atoms with Crippen LogP contribution in [0.1, 0.15) is 19.3 Å². The Labute approximate surface area is 125 Å². The fourth-order valence-corrected chi connectivity index (χ4v) is 3.07. The molecule has 1 aromatic heterocycles. The van der Waals surface area contributed by atoms with Gasteiger partial charge in [-0.25, -0.2) is 4.98 Å². The van der Waals surface area contributed by atoms with Crippen molar-refractivity contribution in [3.63, 3.8) is 0 Å². The Morgan fingerprint density at radius 2 is 2.14 bits per heavy atom. The van der Waals surface area contributed by atoms with Crippen molar-refractivity contribution < 1.29 is 9.53 Å². The van der Waals surface area contributed by atoms with Crippen LogP contribution in [0.4, 0.5) is 5.82 Å². The lowest BCUT2D eigenvalue weighted by Crippen LogP contribution is -2.49. The van der Waals surface area contributed by atoms with Crippen molar-refractivity contribution in [1.29, 1.82) is 0 Å². The van der Waals surface area contributed by atoms with E-state index in [4.69, 9.17) is 4.74 Å². The average Bonchev–Trinajstić information content (AvgIpc) is 2.57. The standard InChI is InChI=1S/C16H23N3O2/c20-16(12-14-4-3-11-21-13-14)19-9-7-18(8-10-19)15-5-1-2-6-17-15/h1-2,5-6,14H,3-4,7-13H2.